The zero-order chi connectivity index (χ0) is 13.3. The number of benzene rings is 1. The zero-order valence-electron chi connectivity index (χ0n) is 10.1. The van der Waals surface area contributed by atoms with Gasteiger partial charge in [-0.15, -0.1) is 0 Å². The number of carboxylic acids is 1. The second kappa shape index (κ2) is 5.02. The second-order valence-corrected chi connectivity index (χ2v) is 4.67. The van der Waals surface area contributed by atoms with Crippen molar-refractivity contribution in [1.82, 2.24) is 4.90 Å². The summed E-state index contributed by atoms with van der Waals surface area (Å²) in [5, 5.41) is 8.93. The minimum absolute atomic E-state index is 0.107. The van der Waals surface area contributed by atoms with E-state index in [4.69, 9.17) is 5.11 Å². The van der Waals surface area contributed by atoms with Crippen LogP contribution in [-0.2, 0) is 4.79 Å². The Labute approximate surface area is 104 Å². The van der Waals surface area contributed by atoms with Crippen LogP contribution in [0.2, 0.25) is 0 Å². The molecule has 0 radical (unpaired) electrons. The van der Waals surface area contributed by atoms with Gasteiger partial charge in [-0.05, 0) is 37.6 Å². The van der Waals surface area contributed by atoms with Crippen LogP contribution in [0.3, 0.4) is 0 Å². The van der Waals surface area contributed by atoms with Gasteiger partial charge in [0, 0.05) is 12.6 Å². The van der Waals surface area contributed by atoms with Gasteiger partial charge in [0.25, 0.3) is 0 Å². The van der Waals surface area contributed by atoms with Crippen LogP contribution in [0.25, 0.3) is 0 Å². The van der Waals surface area contributed by atoms with Crippen molar-refractivity contribution in [2.45, 2.75) is 19.4 Å². The third kappa shape index (κ3) is 2.51. The fourth-order valence-electron chi connectivity index (χ4n) is 2.32. The van der Waals surface area contributed by atoms with Crippen molar-refractivity contribution in [2.24, 2.45) is 5.92 Å². The molecule has 1 N–H and O–H groups in total. The molecule has 1 aliphatic rings. The lowest BCUT2D eigenvalue weighted by Crippen LogP contribution is -2.26. The average Bonchev–Trinajstić information content (AvgIpc) is 2.81. The summed E-state index contributed by atoms with van der Waals surface area (Å²) in [5.74, 6) is -2.89. The number of hydrogen-bond acceptors (Lipinski definition) is 2. The summed E-state index contributed by atoms with van der Waals surface area (Å²) in [6.07, 6.45) is 0.601. The summed E-state index contributed by atoms with van der Waals surface area (Å²) in [7, 11) is 0. The highest BCUT2D eigenvalue weighted by molar-refractivity contribution is 5.70. The van der Waals surface area contributed by atoms with Gasteiger partial charge in [-0.25, -0.2) is 8.78 Å². The maximum Gasteiger partial charge on any atom is 0.307 e. The van der Waals surface area contributed by atoms with E-state index in [2.05, 4.69) is 0 Å². The Morgan fingerprint density at radius 1 is 1.44 bits per heavy atom. The molecule has 1 heterocycles. The van der Waals surface area contributed by atoms with E-state index in [1.54, 1.807) is 0 Å². The van der Waals surface area contributed by atoms with Gasteiger partial charge in [-0.1, -0.05) is 6.07 Å². The van der Waals surface area contributed by atoms with Crippen molar-refractivity contribution in [1.29, 1.82) is 0 Å². The van der Waals surface area contributed by atoms with Gasteiger partial charge in [0.1, 0.15) is 0 Å². The molecule has 0 spiro atoms. The number of likely N-dealkylation sites (tertiary alicyclic amines) is 1. The summed E-state index contributed by atoms with van der Waals surface area (Å²) < 4.78 is 26.0. The molecular weight excluding hydrogens is 240 g/mol. The third-order valence-electron chi connectivity index (χ3n) is 3.54. The normalized spacial score (nSPS) is 22.1. The molecular formula is C13H15F2NO2. The number of carbonyl (C=O) groups is 1. The van der Waals surface area contributed by atoms with Crippen LogP contribution in [0.1, 0.15) is 24.9 Å². The molecule has 1 aromatic carbocycles. The Morgan fingerprint density at radius 3 is 2.72 bits per heavy atom. The predicted octanol–water partition coefficient (Wildman–Crippen LogP) is 2.43. The van der Waals surface area contributed by atoms with Crippen molar-refractivity contribution >= 4 is 5.97 Å². The fraction of sp³-hybridized carbons (Fsp3) is 0.462. The minimum atomic E-state index is -0.867. The van der Waals surface area contributed by atoms with E-state index in [0.717, 1.165) is 6.07 Å². The molecule has 0 aliphatic carbocycles. The molecule has 0 unspecified atom stereocenters. The van der Waals surface area contributed by atoms with Crippen LogP contribution >= 0.6 is 0 Å². The number of hydrogen-bond donors (Lipinski definition) is 1. The molecule has 18 heavy (non-hydrogen) atoms. The van der Waals surface area contributed by atoms with E-state index in [-0.39, 0.29) is 12.0 Å². The van der Waals surface area contributed by atoms with Gasteiger partial charge >= 0.3 is 5.97 Å². The zero-order valence-corrected chi connectivity index (χ0v) is 10.1. The minimum Gasteiger partial charge on any atom is -0.481 e. The SMILES string of the molecule is C[C@@H](c1ccc(F)c(F)c1)N1CC[C@H](C(=O)O)C1. The first kappa shape index (κ1) is 13.0. The number of carboxylic acid groups (broad SMARTS) is 1. The highest BCUT2D eigenvalue weighted by Crippen LogP contribution is 2.28. The lowest BCUT2D eigenvalue weighted by molar-refractivity contribution is -0.141. The van der Waals surface area contributed by atoms with Crippen molar-refractivity contribution < 1.29 is 18.7 Å². The van der Waals surface area contributed by atoms with Crippen molar-refractivity contribution in [3.05, 3.63) is 35.4 Å². The monoisotopic (exact) mass is 255 g/mol. The molecule has 5 heteroatoms. The van der Waals surface area contributed by atoms with Crippen LogP contribution in [0.15, 0.2) is 18.2 Å². The molecule has 2 atom stereocenters. The summed E-state index contributed by atoms with van der Waals surface area (Å²) in [5.41, 5.74) is 0.667. The molecule has 0 amide bonds. The Morgan fingerprint density at radius 2 is 2.17 bits per heavy atom. The summed E-state index contributed by atoms with van der Waals surface area (Å²) in [4.78, 5) is 12.8. The number of nitrogens with zero attached hydrogens (tertiary/aromatic N) is 1. The standard InChI is InChI=1S/C13H15F2NO2/c1-8(9-2-3-11(14)12(15)6-9)16-5-4-10(7-16)13(17)18/h2-3,6,8,10H,4-5,7H2,1H3,(H,17,18)/t8-,10-/m0/s1. The van der Waals surface area contributed by atoms with Crippen molar-refractivity contribution in [3.63, 3.8) is 0 Å². The first-order chi connectivity index (χ1) is 8.49. The van der Waals surface area contributed by atoms with Crippen LogP contribution < -0.4 is 0 Å². The molecule has 0 aromatic heterocycles. The van der Waals surface area contributed by atoms with Crippen molar-refractivity contribution in [3.8, 4) is 0 Å². The van der Waals surface area contributed by atoms with Gasteiger partial charge < -0.3 is 5.11 Å². The second-order valence-electron chi connectivity index (χ2n) is 4.67. The molecule has 0 bridgehead atoms. The first-order valence-corrected chi connectivity index (χ1v) is 5.91. The van der Waals surface area contributed by atoms with Crippen LogP contribution in [0.4, 0.5) is 8.78 Å². The largest absolute Gasteiger partial charge is 0.481 e. The quantitative estimate of drug-likeness (QED) is 0.901. The molecule has 1 aliphatic heterocycles. The van der Waals surface area contributed by atoms with Gasteiger partial charge in [-0.3, -0.25) is 9.69 Å². The van der Waals surface area contributed by atoms with E-state index in [1.807, 2.05) is 11.8 Å². The Kier molecular flexibility index (Phi) is 3.61. The van der Waals surface area contributed by atoms with Gasteiger partial charge in [-0.2, -0.15) is 0 Å². The van der Waals surface area contributed by atoms with E-state index in [1.165, 1.54) is 12.1 Å². The summed E-state index contributed by atoms with van der Waals surface area (Å²) in [6, 6.07) is 3.71. The molecule has 1 saturated heterocycles. The topological polar surface area (TPSA) is 40.5 Å². The van der Waals surface area contributed by atoms with E-state index < -0.39 is 17.6 Å². The first-order valence-electron chi connectivity index (χ1n) is 5.91. The lowest BCUT2D eigenvalue weighted by atomic mass is 10.1. The summed E-state index contributed by atoms with van der Waals surface area (Å²) in [6.45, 7) is 2.99. The fourth-order valence-corrected chi connectivity index (χ4v) is 2.32. The van der Waals surface area contributed by atoms with Crippen LogP contribution in [0.5, 0.6) is 0 Å². The lowest BCUT2D eigenvalue weighted by Gasteiger charge is -2.24. The van der Waals surface area contributed by atoms with Crippen LogP contribution in [0, 0.1) is 17.6 Å². The number of rotatable bonds is 3. The maximum atomic E-state index is 13.1. The third-order valence-corrected chi connectivity index (χ3v) is 3.54. The van der Waals surface area contributed by atoms with Gasteiger partial charge in [0.2, 0.25) is 0 Å². The van der Waals surface area contributed by atoms with E-state index in [0.29, 0.717) is 25.1 Å². The highest BCUT2D eigenvalue weighted by Gasteiger charge is 2.31. The van der Waals surface area contributed by atoms with E-state index >= 15 is 0 Å². The Bertz CT molecular complexity index is 464. The van der Waals surface area contributed by atoms with Gasteiger partial charge in [0.15, 0.2) is 11.6 Å². The molecule has 98 valence electrons. The number of aliphatic carboxylic acids is 1. The molecule has 0 saturated carbocycles. The Hall–Kier alpha value is -1.49. The van der Waals surface area contributed by atoms with Crippen LogP contribution in [-0.4, -0.2) is 29.1 Å². The molecule has 2 rings (SSSR count). The molecule has 3 nitrogen and oxygen atoms in total. The summed E-state index contributed by atoms with van der Waals surface area (Å²) >= 11 is 0. The smallest absolute Gasteiger partial charge is 0.307 e. The molecule has 1 aromatic rings. The van der Waals surface area contributed by atoms with E-state index in [9.17, 15) is 13.6 Å². The molecule has 1 fully saturated rings. The highest BCUT2D eigenvalue weighted by atomic mass is 19.2. The van der Waals surface area contributed by atoms with Gasteiger partial charge in [0.05, 0.1) is 5.92 Å². The van der Waals surface area contributed by atoms with Crippen molar-refractivity contribution in [2.75, 3.05) is 13.1 Å². The predicted molar refractivity (Wildman–Crippen MR) is 62.1 cm³/mol. The average molecular weight is 255 g/mol. The Balaban J connectivity index is 2.10. The maximum absolute atomic E-state index is 13.1. The number of halogens is 2.